The van der Waals surface area contributed by atoms with E-state index in [2.05, 4.69) is 30.3 Å². The average molecular weight is 1620 g/mol. The fourth-order valence-electron chi connectivity index (χ4n) is 9.25. The molecule has 47 heteroatoms. The highest BCUT2D eigenvalue weighted by atomic mass is 32.2. The fourth-order valence-corrected chi connectivity index (χ4v) is 16.4. The predicted octanol–water partition coefficient (Wildman–Crippen LogP) is 4.05. The van der Waals surface area contributed by atoms with Crippen molar-refractivity contribution in [3.8, 4) is 0 Å². The molecule has 0 saturated carbocycles. The van der Waals surface area contributed by atoms with Crippen LogP contribution in [0, 0.1) is 0 Å². The van der Waals surface area contributed by atoms with Crippen LogP contribution in [0.2, 0.25) is 0 Å². The van der Waals surface area contributed by atoms with Gasteiger partial charge < -0.3 is 29.0 Å². The molecule has 4 heterocycles. The molecule has 0 radical (unpaired) electrons. The summed E-state index contributed by atoms with van der Waals surface area (Å²) in [7, 11) is -40.5. The molecule has 0 bridgehead atoms. The smallest absolute Gasteiger partial charge is 0.374 e. The van der Waals surface area contributed by atoms with Gasteiger partial charge in [-0.2, -0.15) is 0 Å². The molecular formula is C55H77N8O30P3S6. The number of anilines is 1. The maximum atomic E-state index is 15.6. The number of sulfone groups is 6. The molecule has 2 aromatic heterocycles. The van der Waals surface area contributed by atoms with Crippen LogP contribution in [-0.4, -0.2) is 250 Å². The van der Waals surface area contributed by atoms with Crippen LogP contribution in [0.5, 0.6) is 0 Å². The van der Waals surface area contributed by atoms with Crippen LogP contribution in [0.15, 0.2) is 109 Å². The number of hydrogen-bond donors (Lipinski definition) is 1. The van der Waals surface area contributed by atoms with Gasteiger partial charge in [-0.1, -0.05) is 84.0 Å². The zero-order valence-corrected chi connectivity index (χ0v) is 63.1. The molecule has 9 atom stereocenters. The summed E-state index contributed by atoms with van der Waals surface area (Å²) in [6, 6.07) is 24.1. The standard InChI is InChI=1S/C55H77N8O30P3S6/c1-97(68,69)28-22-82-94(65,83-23-29-98(2,70)71)91-47-44(37-80-35-40-16-10-7-11-17-40)89-55(50(81-36-41-18-12-8-13-19-41)48(47)92-95(66,84-24-30-99(3,72)73)85-25-31-100(4,74)75)90-46-43(34-60-62-56)88-54(49(46)93-96(67,86-26-32-101(5,76)77)87-27-33-102(6,78)79)63-39-59-45-51(57-38-58-52(45)63)61-53(64)42-20-14-9-15-21-42/h7-21,38-39,43-44,46-50,54-55H,22-37H2,1-6H3,(H,57,58,61,64)/t43-,44-,46-,47-,48+,49-,50-,54-,55-/m1/s1. The number of carbonyl (C=O) groups is 1. The van der Waals surface area contributed by atoms with E-state index in [-0.39, 0.29) is 29.2 Å². The van der Waals surface area contributed by atoms with Gasteiger partial charge in [-0.3, -0.25) is 50.1 Å². The number of nitrogens with one attached hydrogen (secondary N) is 1. The molecule has 0 spiro atoms. The number of fused-ring (bicyclic) bond motifs is 1. The van der Waals surface area contributed by atoms with E-state index < -0.39 is 238 Å². The van der Waals surface area contributed by atoms with E-state index in [1.807, 2.05) is 0 Å². The van der Waals surface area contributed by atoms with Crippen LogP contribution in [0.4, 0.5) is 5.82 Å². The number of rotatable bonds is 44. The van der Waals surface area contributed by atoms with E-state index in [1.54, 1.807) is 78.9 Å². The van der Waals surface area contributed by atoms with Gasteiger partial charge in [0.15, 0.2) is 29.5 Å². The van der Waals surface area contributed by atoms with Crippen molar-refractivity contribution in [2.24, 2.45) is 5.11 Å². The summed E-state index contributed by atoms with van der Waals surface area (Å²) in [5.74, 6) is -6.03. The molecule has 2 aliphatic rings. The van der Waals surface area contributed by atoms with Crippen molar-refractivity contribution in [1.82, 2.24) is 19.5 Å². The van der Waals surface area contributed by atoms with Gasteiger partial charge >= 0.3 is 23.5 Å². The third-order valence-electron chi connectivity index (χ3n) is 14.0. The van der Waals surface area contributed by atoms with Crippen molar-refractivity contribution in [2.45, 2.75) is 68.5 Å². The van der Waals surface area contributed by atoms with Crippen molar-refractivity contribution >= 4 is 105 Å². The number of azide groups is 1. The lowest BCUT2D eigenvalue weighted by molar-refractivity contribution is -0.324. The van der Waals surface area contributed by atoms with E-state index in [0.717, 1.165) is 54.8 Å². The van der Waals surface area contributed by atoms with Crippen LogP contribution in [-0.2, 0) is 150 Å². The van der Waals surface area contributed by atoms with Crippen molar-refractivity contribution in [2.75, 3.05) is 130 Å². The van der Waals surface area contributed by atoms with Crippen molar-refractivity contribution in [3.63, 3.8) is 0 Å². The molecule has 1 N–H and O–H groups in total. The monoisotopic (exact) mass is 1610 g/mol. The lowest BCUT2D eigenvalue weighted by Gasteiger charge is -2.47. The molecule has 568 valence electrons. The number of carbonyl (C=O) groups excluding carboxylic acids is 1. The van der Waals surface area contributed by atoms with Crippen LogP contribution in [0.1, 0.15) is 27.7 Å². The molecule has 5 aromatic rings. The van der Waals surface area contributed by atoms with Gasteiger partial charge in [0.1, 0.15) is 102 Å². The Morgan fingerprint density at radius 2 is 0.951 bits per heavy atom. The lowest BCUT2D eigenvalue weighted by atomic mass is 9.98. The minimum absolute atomic E-state index is 0.133. The summed E-state index contributed by atoms with van der Waals surface area (Å²) in [4.78, 5) is 29.5. The fraction of sp³-hybridized carbons (Fsp3) is 0.564. The molecule has 2 aliphatic heterocycles. The second-order valence-electron chi connectivity index (χ2n) is 23.1. The zero-order valence-electron chi connectivity index (χ0n) is 55.5. The Labute approximate surface area is 589 Å². The first-order valence-electron chi connectivity index (χ1n) is 30.3. The Hall–Kier alpha value is -5.18. The van der Waals surface area contributed by atoms with E-state index in [4.69, 9.17) is 64.4 Å². The predicted molar refractivity (Wildman–Crippen MR) is 364 cm³/mol. The Bertz CT molecular complexity index is 4430. The van der Waals surface area contributed by atoms with Crippen LogP contribution >= 0.6 is 23.5 Å². The Morgan fingerprint density at radius 3 is 1.39 bits per heavy atom. The SMILES string of the molecule is CS(=O)(=O)CCOP(=O)(OCCS(C)(=O)=O)O[C@@H]1[C@@H](OCc2ccccc2)[C@@H](O[C@H]2[C@@H](OP(=O)(OCCS(C)(=O)=O)OCCS(C)(=O)=O)[C@H](n3cnc4c(NC(=O)c5ccccc5)ncnc43)O[C@@H]2CN=[N+]=[N-])O[C@H](COCc2ccccc2)[C@H]1OP(=O)(OCCS(C)(=O)=O)OCCS(C)(=O)=O. The third-order valence-corrected chi connectivity index (χ3v) is 24.0. The number of imidazole rings is 1. The van der Waals surface area contributed by atoms with Crippen LogP contribution < -0.4 is 5.32 Å². The molecular weight excluding hydrogens is 1540 g/mol. The summed E-state index contributed by atoms with van der Waals surface area (Å²) in [5, 5.41) is 6.38. The number of phosphoric ester groups is 3. The van der Waals surface area contributed by atoms with E-state index in [1.165, 1.54) is 12.1 Å². The highest BCUT2D eigenvalue weighted by molar-refractivity contribution is 7.92. The largest absolute Gasteiger partial charge is 0.475 e. The minimum atomic E-state index is -5.63. The second kappa shape index (κ2) is 36.9. The first-order chi connectivity index (χ1) is 47.7. The van der Waals surface area contributed by atoms with Gasteiger partial charge in [-0.05, 0) is 28.8 Å². The van der Waals surface area contributed by atoms with Crippen molar-refractivity contribution < 1.29 is 133 Å². The normalized spacial score (nSPS) is 21.2. The highest BCUT2D eigenvalue weighted by Gasteiger charge is 2.59. The second-order valence-corrected chi connectivity index (χ2v) is 41.5. The maximum absolute atomic E-state index is 15.6. The number of ether oxygens (including phenoxy) is 5. The van der Waals surface area contributed by atoms with Gasteiger partial charge in [0.05, 0.1) is 113 Å². The quantitative estimate of drug-likeness (QED) is 0.0249. The Balaban J connectivity index is 1.50. The number of benzene rings is 3. The molecule has 38 nitrogen and oxygen atoms in total. The summed E-state index contributed by atoms with van der Waals surface area (Å²) in [5.41, 5.74) is 10.7. The third kappa shape index (κ3) is 28.3. The summed E-state index contributed by atoms with van der Waals surface area (Å²) in [6.45, 7) is -8.36. The molecule has 3 aromatic carbocycles. The van der Waals surface area contributed by atoms with E-state index >= 15 is 13.7 Å². The van der Waals surface area contributed by atoms with Gasteiger partial charge in [-0.15, -0.1) is 0 Å². The zero-order chi connectivity index (χ0) is 74.8. The van der Waals surface area contributed by atoms with Gasteiger partial charge in [0, 0.05) is 48.0 Å². The summed E-state index contributed by atoms with van der Waals surface area (Å²) >= 11 is 0. The number of nitrogens with zero attached hydrogens (tertiary/aromatic N) is 7. The summed E-state index contributed by atoms with van der Waals surface area (Å²) in [6.07, 6.45) is -12.1. The molecule has 0 aliphatic carbocycles. The van der Waals surface area contributed by atoms with E-state index in [9.17, 15) is 60.8 Å². The first-order valence-corrected chi connectivity index (χ1v) is 47.0. The summed E-state index contributed by atoms with van der Waals surface area (Å²) < 4.78 is 284. The molecule has 2 saturated heterocycles. The number of amides is 1. The van der Waals surface area contributed by atoms with Crippen molar-refractivity contribution in [1.29, 1.82) is 0 Å². The van der Waals surface area contributed by atoms with Crippen molar-refractivity contribution in [3.05, 3.63) is 131 Å². The minimum Gasteiger partial charge on any atom is -0.374 e. The van der Waals surface area contributed by atoms with Gasteiger partial charge in [0.25, 0.3) is 5.91 Å². The van der Waals surface area contributed by atoms with Crippen LogP contribution in [0.3, 0.4) is 0 Å². The molecule has 0 unspecified atom stereocenters. The first kappa shape index (κ1) is 84.1. The average Bonchev–Trinajstić information content (AvgIpc) is 1.53. The molecule has 102 heavy (non-hydrogen) atoms. The maximum Gasteiger partial charge on any atom is 0.475 e. The number of aromatic nitrogens is 4. The number of hydrogen-bond acceptors (Lipinski definition) is 34. The van der Waals surface area contributed by atoms with E-state index in [0.29, 0.717) is 11.1 Å². The molecule has 1 amide bonds. The topological polar surface area (TPSA) is 507 Å². The lowest BCUT2D eigenvalue weighted by Crippen LogP contribution is -2.62. The van der Waals surface area contributed by atoms with Gasteiger partial charge in [0.2, 0.25) is 0 Å². The van der Waals surface area contributed by atoms with Gasteiger partial charge in [-0.25, -0.2) is 79.2 Å². The Morgan fingerprint density at radius 1 is 0.529 bits per heavy atom. The molecule has 7 rings (SSSR count). The number of phosphoric acid groups is 3. The Kier molecular flexibility index (Phi) is 30.4. The highest BCUT2D eigenvalue weighted by Crippen LogP contribution is 2.58. The van der Waals surface area contributed by atoms with Crippen LogP contribution in [0.25, 0.3) is 21.6 Å². The molecule has 2 fully saturated rings.